The summed E-state index contributed by atoms with van der Waals surface area (Å²) in [5.74, 6) is 0. The van der Waals surface area contributed by atoms with Crippen LogP contribution in [0.15, 0.2) is 11.6 Å². The molecule has 0 saturated heterocycles. The first-order valence-electron chi connectivity index (χ1n) is 6.48. The maximum absolute atomic E-state index is 8.72. The molecular formula is C14H23N. The lowest BCUT2D eigenvalue weighted by molar-refractivity contribution is 0.561. The molecule has 0 aromatic heterocycles. The summed E-state index contributed by atoms with van der Waals surface area (Å²) in [5, 5.41) is 8.72. The predicted octanol–water partition coefficient (Wildman–Crippen LogP) is 4.74. The minimum atomic E-state index is 0.653. The number of nitrogens with zero attached hydrogens (tertiary/aromatic N) is 1. The third-order valence-corrected chi connectivity index (χ3v) is 3.19. The van der Waals surface area contributed by atoms with Crippen molar-refractivity contribution in [3.8, 4) is 6.07 Å². The van der Waals surface area contributed by atoms with Gasteiger partial charge in [0.1, 0.15) is 0 Å². The van der Waals surface area contributed by atoms with Gasteiger partial charge in [0.2, 0.25) is 0 Å². The number of hydrogen-bond donors (Lipinski definition) is 0. The first kappa shape index (κ1) is 12.3. The molecule has 0 unspecified atom stereocenters. The highest BCUT2D eigenvalue weighted by Crippen LogP contribution is 2.18. The molecule has 1 rings (SSSR count). The van der Waals surface area contributed by atoms with Crippen molar-refractivity contribution in [1.82, 2.24) is 0 Å². The van der Waals surface area contributed by atoms with Gasteiger partial charge in [-0.15, -0.1) is 0 Å². The molecule has 1 nitrogen and oxygen atoms in total. The Bertz CT molecular complexity index is 222. The van der Waals surface area contributed by atoms with E-state index in [4.69, 9.17) is 5.26 Å². The van der Waals surface area contributed by atoms with E-state index in [-0.39, 0.29) is 0 Å². The van der Waals surface area contributed by atoms with Crippen LogP contribution in [0.25, 0.3) is 0 Å². The Kier molecular flexibility index (Phi) is 7.00. The summed E-state index contributed by atoms with van der Waals surface area (Å²) in [7, 11) is 0. The molecule has 1 aliphatic rings. The maximum atomic E-state index is 8.72. The highest BCUT2D eigenvalue weighted by Gasteiger charge is 1.99. The topological polar surface area (TPSA) is 23.8 Å². The molecule has 0 aromatic rings. The average molecular weight is 205 g/mol. The van der Waals surface area contributed by atoms with Gasteiger partial charge in [-0.1, -0.05) is 50.2 Å². The highest BCUT2D eigenvalue weighted by atomic mass is 14.2. The van der Waals surface area contributed by atoms with Gasteiger partial charge < -0.3 is 0 Å². The molecule has 0 N–H and O–H groups in total. The Labute approximate surface area is 94.2 Å². The summed E-state index contributed by atoms with van der Waals surface area (Å²) in [6.07, 6.45) is 16.3. The fraction of sp³-hybridized carbons (Fsp3) is 0.786. The van der Waals surface area contributed by atoms with Gasteiger partial charge in [-0.2, -0.15) is 5.26 Å². The molecule has 1 heteroatoms. The summed E-state index contributed by atoms with van der Waals surface area (Å²) in [6.45, 7) is 0. The highest BCUT2D eigenvalue weighted by molar-refractivity contribution is 5.07. The average Bonchev–Trinajstić information content (AvgIpc) is 2.22. The number of nitriles is 1. The lowest BCUT2D eigenvalue weighted by Crippen LogP contribution is -1.88. The van der Waals surface area contributed by atoms with Gasteiger partial charge in [0, 0.05) is 0 Å². The molecule has 0 spiro atoms. The van der Waals surface area contributed by atoms with Gasteiger partial charge in [0.25, 0.3) is 0 Å². The van der Waals surface area contributed by atoms with Crippen molar-refractivity contribution in [2.75, 3.05) is 0 Å². The van der Waals surface area contributed by atoms with Crippen LogP contribution in [0.2, 0.25) is 0 Å². The second-order valence-corrected chi connectivity index (χ2v) is 4.56. The fourth-order valence-corrected chi connectivity index (χ4v) is 2.23. The molecule has 0 heterocycles. The van der Waals surface area contributed by atoms with E-state index in [2.05, 4.69) is 12.1 Å². The van der Waals surface area contributed by atoms with Crippen LogP contribution in [0, 0.1) is 11.3 Å². The van der Waals surface area contributed by atoms with E-state index in [0.717, 1.165) is 6.42 Å². The molecule has 0 fully saturated rings. The van der Waals surface area contributed by atoms with Crippen LogP contribution in [-0.2, 0) is 0 Å². The fourth-order valence-electron chi connectivity index (χ4n) is 2.23. The zero-order chi connectivity index (χ0) is 10.8. The molecule has 84 valence electrons. The van der Waals surface area contributed by atoms with Crippen LogP contribution in [0.3, 0.4) is 0 Å². The molecule has 15 heavy (non-hydrogen) atoms. The summed E-state index contributed by atoms with van der Waals surface area (Å²) in [6, 6.07) is 2.28. The van der Waals surface area contributed by atoms with E-state index in [1.165, 1.54) is 63.4 Å². The monoisotopic (exact) mass is 205 g/mol. The van der Waals surface area contributed by atoms with E-state index >= 15 is 0 Å². The van der Waals surface area contributed by atoms with Crippen LogP contribution < -0.4 is 0 Å². The third kappa shape index (κ3) is 6.33. The molecule has 0 aliphatic heterocycles. The van der Waals surface area contributed by atoms with Crippen molar-refractivity contribution in [2.24, 2.45) is 0 Å². The first-order valence-corrected chi connectivity index (χ1v) is 6.48. The molecule has 0 bridgehead atoms. The molecule has 0 atom stereocenters. The predicted molar refractivity (Wildman–Crippen MR) is 64.5 cm³/mol. The van der Waals surface area contributed by atoms with Crippen LogP contribution in [-0.4, -0.2) is 0 Å². The Morgan fingerprint density at radius 1 is 0.933 bits per heavy atom. The smallest absolute Gasteiger partial charge is 0.0666 e. The Morgan fingerprint density at radius 3 is 2.20 bits per heavy atom. The third-order valence-electron chi connectivity index (χ3n) is 3.19. The van der Waals surface area contributed by atoms with E-state index in [0.29, 0.717) is 6.42 Å². The largest absolute Gasteiger partial charge is 0.198 e. The van der Waals surface area contributed by atoms with Crippen LogP contribution in [0.4, 0.5) is 0 Å². The van der Waals surface area contributed by atoms with Crippen LogP contribution in [0.5, 0.6) is 0 Å². The number of hydrogen-bond acceptors (Lipinski definition) is 1. The normalized spacial score (nSPS) is 24.1. The van der Waals surface area contributed by atoms with Gasteiger partial charge in [0.15, 0.2) is 0 Å². The SMILES string of the molecule is N#CC/C1=C/CCCCCCCCCC1. The summed E-state index contributed by atoms with van der Waals surface area (Å²) in [5.41, 5.74) is 1.39. The van der Waals surface area contributed by atoms with Crippen molar-refractivity contribution in [1.29, 1.82) is 5.26 Å². The number of allylic oxidation sites excluding steroid dienone is 2. The molecule has 1 aliphatic carbocycles. The molecule has 0 amide bonds. The lowest BCUT2D eigenvalue weighted by atomic mass is 9.99. The maximum Gasteiger partial charge on any atom is 0.0666 e. The minimum Gasteiger partial charge on any atom is -0.198 e. The first-order chi connectivity index (χ1) is 7.43. The molecule has 0 radical (unpaired) electrons. The quantitative estimate of drug-likeness (QED) is 0.567. The van der Waals surface area contributed by atoms with Crippen molar-refractivity contribution < 1.29 is 0 Å². The van der Waals surface area contributed by atoms with E-state index in [1.807, 2.05) is 0 Å². The Morgan fingerprint density at radius 2 is 1.53 bits per heavy atom. The zero-order valence-corrected chi connectivity index (χ0v) is 9.80. The van der Waals surface area contributed by atoms with E-state index < -0.39 is 0 Å². The summed E-state index contributed by atoms with van der Waals surface area (Å²) >= 11 is 0. The molecule has 0 aromatic carbocycles. The summed E-state index contributed by atoms with van der Waals surface area (Å²) in [4.78, 5) is 0. The lowest BCUT2D eigenvalue weighted by Gasteiger charge is -2.07. The van der Waals surface area contributed by atoms with Crippen LogP contribution in [0.1, 0.15) is 70.6 Å². The summed E-state index contributed by atoms with van der Waals surface area (Å²) < 4.78 is 0. The van der Waals surface area contributed by atoms with Crippen molar-refractivity contribution in [3.05, 3.63) is 11.6 Å². The van der Waals surface area contributed by atoms with Gasteiger partial charge in [-0.3, -0.25) is 0 Å². The zero-order valence-electron chi connectivity index (χ0n) is 9.80. The van der Waals surface area contributed by atoms with Gasteiger partial charge in [-0.05, 0) is 25.7 Å². The standard InChI is InChI=1S/C14H23N/c15-13-12-14-10-8-6-4-2-1-3-5-7-9-11-14/h10H,1-9,11-12H2/b14-10+. The second kappa shape index (κ2) is 8.53. The van der Waals surface area contributed by atoms with Gasteiger partial charge in [-0.25, -0.2) is 0 Å². The Balaban J connectivity index is 2.35. The van der Waals surface area contributed by atoms with Gasteiger partial charge in [0.05, 0.1) is 12.5 Å². The number of rotatable bonds is 1. The van der Waals surface area contributed by atoms with Crippen molar-refractivity contribution in [3.63, 3.8) is 0 Å². The van der Waals surface area contributed by atoms with Gasteiger partial charge >= 0.3 is 0 Å². The Hall–Kier alpha value is -0.770. The van der Waals surface area contributed by atoms with Crippen molar-refractivity contribution >= 4 is 0 Å². The second-order valence-electron chi connectivity index (χ2n) is 4.56. The van der Waals surface area contributed by atoms with Crippen LogP contribution >= 0.6 is 0 Å². The van der Waals surface area contributed by atoms with E-state index in [1.54, 1.807) is 0 Å². The van der Waals surface area contributed by atoms with Crippen molar-refractivity contribution in [2.45, 2.75) is 70.6 Å². The van der Waals surface area contributed by atoms with E-state index in [9.17, 15) is 0 Å². The minimum absolute atomic E-state index is 0.653. The molecular weight excluding hydrogens is 182 g/mol. The molecule has 0 saturated carbocycles.